The molecule has 0 aromatic heterocycles. The lowest BCUT2D eigenvalue weighted by molar-refractivity contribution is 1.37. The maximum Gasteiger partial charge on any atom is -0.000139 e. The molecule has 0 fully saturated rings. The van der Waals surface area contributed by atoms with Gasteiger partial charge in [-0.05, 0) is 102 Å². The number of hydrogen-bond donors (Lipinski definition) is 0. The zero-order valence-corrected chi connectivity index (χ0v) is 25.3. The Hall–Kier alpha value is -5.46. The Morgan fingerprint density at radius 3 is 1.39 bits per heavy atom. The fourth-order valence-corrected chi connectivity index (χ4v) is 6.75. The minimum absolute atomic E-state index is 0.967. The zero-order valence-electron chi connectivity index (χ0n) is 25.3. The van der Waals surface area contributed by atoms with Crippen LogP contribution in [0.5, 0.6) is 0 Å². The maximum atomic E-state index is 4.70. The summed E-state index contributed by atoms with van der Waals surface area (Å²) in [4.78, 5) is 0. The molecular formula is C44H34. The summed E-state index contributed by atoms with van der Waals surface area (Å²) in [5, 5.41) is 7.39. The highest BCUT2D eigenvalue weighted by atomic mass is 14.3. The lowest BCUT2D eigenvalue weighted by Gasteiger charge is -2.26. The summed E-state index contributed by atoms with van der Waals surface area (Å²) in [6, 6.07) is 46.3. The molecule has 0 bridgehead atoms. The molecule has 0 saturated heterocycles. The van der Waals surface area contributed by atoms with Gasteiger partial charge in [0.25, 0.3) is 0 Å². The van der Waals surface area contributed by atoms with Crippen LogP contribution < -0.4 is 0 Å². The quantitative estimate of drug-likeness (QED) is 0.140. The summed E-state index contributed by atoms with van der Waals surface area (Å²) >= 11 is 0. The zero-order chi connectivity index (χ0) is 30.2. The van der Waals surface area contributed by atoms with Gasteiger partial charge in [-0.25, -0.2) is 0 Å². The first-order chi connectivity index (χ1) is 21.6. The lowest BCUT2D eigenvalue weighted by atomic mass is 9.77. The van der Waals surface area contributed by atoms with Gasteiger partial charge in [0, 0.05) is 0 Å². The molecule has 44 heavy (non-hydrogen) atoms. The molecule has 0 unspecified atom stereocenters. The van der Waals surface area contributed by atoms with Crippen molar-refractivity contribution >= 4 is 37.9 Å². The molecule has 210 valence electrons. The van der Waals surface area contributed by atoms with E-state index in [1.54, 1.807) is 0 Å². The molecule has 0 amide bonds. The van der Waals surface area contributed by atoms with E-state index in [9.17, 15) is 0 Å². The van der Waals surface area contributed by atoms with Crippen LogP contribution in [0.2, 0.25) is 0 Å². The van der Waals surface area contributed by atoms with Crippen molar-refractivity contribution < 1.29 is 0 Å². The molecule has 7 aromatic carbocycles. The fraction of sp³-hybridized carbons (Fsp3) is 0.0455. The number of rotatable bonds is 6. The van der Waals surface area contributed by atoms with Crippen molar-refractivity contribution in [2.45, 2.75) is 13.8 Å². The Kier molecular flexibility index (Phi) is 7.04. The molecule has 0 nitrogen and oxygen atoms in total. The third kappa shape index (κ3) is 4.48. The molecule has 0 radical (unpaired) electrons. The van der Waals surface area contributed by atoms with E-state index in [0.29, 0.717) is 0 Å². The second-order valence-electron chi connectivity index (χ2n) is 11.5. The van der Waals surface area contributed by atoms with E-state index in [4.69, 9.17) is 6.58 Å². The van der Waals surface area contributed by atoms with E-state index in [2.05, 4.69) is 154 Å². The van der Waals surface area contributed by atoms with Crippen molar-refractivity contribution in [3.8, 4) is 33.4 Å². The standard InChI is InChI=1S/C44H34/c1-5-6-18-29(2)39-37-27-30(3)31(4)28-38(37)42(34-23-14-9-15-24-34)44-41(33-21-12-8-13-22-33)36-26-17-16-25-35(36)40(43(39)44)32-19-10-7-11-20-32/h5-28H,1-2H2,3-4H3. The highest BCUT2D eigenvalue weighted by Gasteiger charge is 2.25. The van der Waals surface area contributed by atoms with Crippen LogP contribution in [0.15, 0.2) is 159 Å². The smallest absolute Gasteiger partial charge is 0.000139 e. The van der Waals surface area contributed by atoms with Gasteiger partial charge in [0.1, 0.15) is 0 Å². The average Bonchev–Trinajstić information content (AvgIpc) is 3.07. The molecular weight excluding hydrogens is 528 g/mol. The molecule has 0 heteroatoms. The van der Waals surface area contributed by atoms with Crippen LogP contribution in [0.3, 0.4) is 0 Å². The average molecular weight is 563 g/mol. The molecule has 0 aliphatic carbocycles. The third-order valence-electron chi connectivity index (χ3n) is 8.83. The number of hydrogen-bond acceptors (Lipinski definition) is 0. The number of aryl methyl sites for hydroxylation is 2. The normalized spacial score (nSPS) is 11.5. The van der Waals surface area contributed by atoms with E-state index < -0.39 is 0 Å². The monoisotopic (exact) mass is 562 g/mol. The van der Waals surface area contributed by atoms with Gasteiger partial charge >= 0.3 is 0 Å². The summed E-state index contributed by atoms with van der Waals surface area (Å²) < 4.78 is 0. The van der Waals surface area contributed by atoms with E-state index in [-0.39, 0.29) is 0 Å². The SMILES string of the molecule is C=CC=CC(=C)c1c2cc(C)c(C)cc2c(-c2ccccc2)c2c(-c3ccccc3)c3ccccc3c(-c3ccccc3)c12. The summed E-state index contributed by atoms with van der Waals surface area (Å²) in [6.45, 7) is 13.1. The Labute approximate surface area is 259 Å². The van der Waals surface area contributed by atoms with Crippen LogP contribution in [0.25, 0.3) is 71.3 Å². The van der Waals surface area contributed by atoms with Gasteiger partial charge in [-0.3, -0.25) is 0 Å². The highest BCUT2D eigenvalue weighted by molar-refractivity contribution is 6.32. The first kappa shape index (κ1) is 27.4. The van der Waals surface area contributed by atoms with Gasteiger partial charge in [-0.1, -0.05) is 159 Å². The fourth-order valence-electron chi connectivity index (χ4n) is 6.75. The second kappa shape index (κ2) is 11.3. The van der Waals surface area contributed by atoms with Crippen LogP contribution >= 0.6 is 0 Å². The number of benzene rings is 7. The minimum Gasteiger partial charge on any atom is -0.0991 e. The summed E-state index contributed by atoms with van der Waals surface area (Å²) in [6.07, 6.45) is 5.92. The van der Waals surface area contributed by atoms with Crippen LogP contribution in [0.4, 0.5) is 0 Å². The molecule has 0 N–H and O–H groups in total. The maximum absolute atomic E-state index is 4.70. The Morgan fingerprint density at radius 2 is 0.909 bits per heavy atom. The van der Waals surface area contributed by atoms with Crippen LogP contribution in [-0.2, 0) is 0 Å². The summed E-state index contributed by atoms with van der Waals surface area (Å²) in [5.74, 6) is 0. The second-order valence-corrected chi connectivity index (χ2v) is 11.5. The van der Waals surface area contributed by atoms with E-state index in [1.165, 1.54) is 76.8 Å². The first-order valence-corrected chi connectivity index (χ1v) is 15.2. The van der Waals surface area contributed by atoms with Crippen LogP contribution in [-0.4, -0.2) is 0 Å². The van der Waals surface area contributed by atoms with Gasteiger partial charge in [-0.2, -0.15) is 0 Å². The van der Waals surface area contributed by atoms with E-state index >= 15 is 0 Å². The van der Waals surface area contributed by atoms with E-state index in [1.807, 2.05) is 12.2 Å². The summed E-state index contributed by atoms with van der Waals surface area (Å²) in [7, 11) is 0. The topological polar surface area (TPSA) is 0 Å². The van der Waals surface area contributed by atoms with Crippen molar-refractivity contribution in [1.82, 2.24) is 0 Å². The van der Waals surface area contributed by atoms with Crippen molar-refractivity contribution in [3.63, 3.8) is 0 Å². The summed E-state index contributed by atoms with van der Waals surface area (Å²) in [5.41, 5.74) is 12.0. The Morgan fingerprint density at radius 1 is 0.500 bits per heavy atom. The molecule has 0 aliphatic heterocycles. The van der Waals surface area contributed by atoms with Gasteiger partial charge < -0.3 is 0 Å². The Balaban J connectivity index is 1.90. The van der Waals surface area contributed by atoms with Gasteiger partial charge in [0.05, 0.1) is 0 Å². The first-order valence-electron chi connectivity index (χ1n) is 15.2. The van der Waals surface area contributed by atoms with Gasteiger partial charge in [0.2, 0.25) is 0 Å². The largest absolute Gasteiger partial charge is 0.0991 e. The molecule has 0 atom stereocenters. The molecule has 0 spiro atoms. The minimum atomic E-state index is 0.967. The van der Waals surface area contributed by atoms with Crippen LogP contribution in [0, 0.1) is 13.8 Å². The molecule has 7 aromatic rings. The van der Waals surface area contributed by atoms with Crippen molar-refractivity contribution in [1.29, 1.82) is 0 Å². The molecule has 0 saturated carbocycles. The predicted octanol–water partition coefficient (Wildman–Crippen LogP) is 12.5. The Bertz CT molecular complexity index is 2230. The van der Waals surface area contributed by atoms with E-state index in [0.717, 1.165) is 11.1 Å². The molecule has 0 aliphatic rings. The number of allylic oxidation sites excluding steroid dienone is 4. The van der Waals surface area contributed by atoms with Crippen molar-refractivity contribution in [2.24, 2.45) is 0 Å². The highest BCUT2D eigenvalue weighted by Crippen LogP contribution is 2.52. The number of fused-ring (bicyclic) bond motifs is 3. The van der Waals surface area contributed by atoms with Crippen molar-refractivity contribution in [2.75, 3.05) is 0 Å². The van der Waals surface area contributed by atoms with Gasteiger partial charge in [-0.15, -0.1) is 0 Å². The van der Waals surface area contributed by atoms with Gasteiger partial charge in [0.15, 0.2) is 0 Å². The molecule has 7 rings (SSSR count). The third-order valence-corrected chi connectivity index (χ3v) is 8.83. The van der Waals surface area contributed by atoms with Crippen molar-refractivity contribution in [3.05, 3.63) is 175 Å². The predicted molar refractivity (Wildman–Crippen MR) is 193 cm³/mol. The molecule has 0 heterocycles. The van der Waals surface area contributed by atoms with Crippen LogP contribution in [0.1, 0.15) is 16.7 Å². The lowest BCUT2D eigenvalue weighted by Crippen LogP contribution is -1.99.